The van der Waals surface area contributed by atoms with Crippen LogP contribution < -0.4 is 9.47 Å². The Morgan fingerprint density at radius 1 is 1.10 bits per heavy atom. The van der Waals surface area contributed by atoms with Crippen LogP contribution in [0.5, 0.6) is 11.5 Å². The van der Waals surface area contributed by atoms with E-state index < -0.39 is 0 Å². The summed E-state index contributed by atoms with van der Waals surface area (Å²) in [6.07, 6.45) is 1.92. The molecule has 1 aliphatic heterocycles. The average molecular weight is 426 g/mol. The molecule has 1 fully saturated rings. The molecule has 5 nitrogen and oxygen atoms in total. The number of rotatable bonds is 8. The SMILES string of the molecule is COc1ccc(CN(CC[C@@H]2CC(C)(C)OC[C@H]2c2ccccc2)C(C)=O)cc1OC. The van der Waals surface area contributed by atoms with E-state index >= 15 is 0 Å². The van der Waals surface area contributed by atoms with Crippen molar-refractivity contribution in [3.63, 3.8) is 0 Å². The lowest BCUT2D eigenvalue weighted by atomic mass is 9.76. The van der Waals surface area contributed by atoms with E-state index in [1.807, 2.05) is 29.2 Å². The molecular weight excluding hydrogens is 390 g/mol. The summed E-state index contributed by atoms with van der Waals surface area (Å²) in [5, 5.41) is 0. The maximum atomic E-state index is 12.4. The van der Waals surface area contributed by atoms with Gasteiger partial charge in [-0.1, -0.05) is 36.4 Å². The van der Waals surface area contributed by atoms with Gasteiger partial charge in [0.1, 0.15) is 0 Å². The lowest BCUT2D eigenvalue weighted by Gasteiger charge is -2.42. The maximum absolute atomic E-state index is 12.4. The fourth-order valence-electron chi connectivity index (χ4n) is 4.52. The zero-order valence-electron chi connectivity index (χ0n) is 19.4. The Labute approximate surface area is 186 Å². The molecule has 0 N–H and O–H groups in total. The molecule has 3 rings (SSSR count). The van der Waals surface area contributed by atoms with E-state index in [2.05, 4.69) is 38.1 Å². The van der Waals surface area contributed by atoms with Crippen molar-refractivity contribution in [3.8, 4) is 11.5 Å². The number of nitrogens with zero attached hydrogens (tertiary/aromatic N) is 1. The highest BCUT2D eigenvalue weighted by molar-refractivity contribution is 5.73. The smallest absolute Gasteiger partial charge is 0.219 e. The van der Waals surface area contributed by atoms with Crippen molar-refractivity contribution in [1.29, 1.82) is 0 Å². The second-order valence-electron chi connectivity index (χ2n) is 8.97. The predicted molar refractivity (Wildman–Crippen MR) is 123 cm³/mol. The molecule has 1 aliphatic rings. The third-order valence-electron chi connectivity index (χ3n) is 6.24. The Morgan fingerprint density at radius 2 is 1.81 bits per heavy atom. The van der Waals surface area contributed by atoms with E-state index in [0.29, 0.717) is 36.4 Å². The number of carbonyl (C=O) groups is 1. The third kappa shape index (κ3) is 6.01. The summed E-state index contributed by atoms with van der Waals surface area (Å²) in [6, 6.07) is 16.4. The normalized spacial score (nSPS) is 20.2. The zero-order valence-corrected chi connectivity index (χ0v) is 19.4. The molecule has 2 atom stereocenters. The molecule has 1 saturated heterocycles. The van der Waals surface area contributed by atoms with Gasteiger partial charge in [0, 0.05) is 25.9 Å². The van der Waals surface area contributed by atoms with Gasteiger partial charge < -0.3 is 19.1 Å². The fraction of sp³-hybridized carbons (Fsp3) is 0.500. The van der Waals surface area contributed by atoms with Crippen LogP contribution in [0.3, 0.4) is 0 Å². The summed E-state index contributed by atoms with van der Waals surface area (Å²) in [5.41, 5.74) is 2.21. The lowest BCUT2D eigenvalue weighted by molar-refractivity contribution is -0.130. The van der Waals surface area contributed by atoms with Gasteiger partial charge in [-0.25, -0.2) is 0 Å². The topological polar surface area (TPSA) is 48.0 Å². The van der Waals surface area contributed by atoms with Gasteiger partial charge in [-0.2, -0.15) is 0 Å². The Kier molecular flexibility index (Phi) is 7.60. The van der Waals surface area contributed by atoms with Crippen LogP contribution in [0.15, 0.2) is 48.5 Å². The number of hydrogen-bond donors (Lipinski definition) is 0. The summed E-state index contributed by atoms with van der Waals surface area (Å²) in [4.78, 5) is 14.3. The van der Waals surface area contributed by atoms with Crippen molar-refractivity contribution in [2.45, 2.75) is 51.7 Å². The molecule has 168 valence electrons. The first kappa shape index (κ1) is 23.1. The van der Waals surface area contributed by atoms with Crippen molar-refractivity contribution < 1.29 is 19.0 Å². The first-order chi connectivity index (χ1) is 14.8. The van der Waals surface area contributed by atoms with Crippen LogP contribution in [0, 0.1) is 5.92 Å². The molecule has 1 amide bonds. The number of benzene rings is 2. The van der Waals surface area contributed by atoms with Gasteiger partial charge in [0.05, 0.1) is 26.4 Å². The second kappa shape index (κ2) is 10.2. The molecule has 0 unspecified atom stereocenters. The lowest BCUT2D eigenvalue weighted by Crippen LogP contribution is -2.40. The highest BCUT2D eigenvalue weighted by Crippen LogP contribution is 2.40. The highest BCUT2D eigenvalue weighted by atomic mass is 16.5. The Morgan fingerprint density at radius 3 is 2.45 bits per heavy atom. The fourth-order valence-corrected chi connectivity index (χ4v) is 4.52. The molecular formula is C26H35NO4. The average Bonchev–Trinajstić information content (AvgIpc) is 2.76. The molecule has 0 bridgehead atoms. The van der Waals surface area contributed by atoms with Gasteiger partial charge in [0.15, 0.2) is 11.5 Å². The van der Waals surface area contributed by atoms with Crippen molar-refractivity contribution in [2.24, 2.45) is 5.92 Å². The second-order valence-corrected chi connectivity index (χ2v) is 8.97. The molecule has 2 aromatic rings. The maximum Gasteiger partial charge on any atom is 0.219 e. The van der Waals surface area contributed by atoms with Gasteiger partial charge in [-0.15, -0.1) is 0 Å². The van der Waals surface area contributed by atoms with Crippen LogP contribution in [-0.2, 0) is 16.1 Å². The minimum atomic E-state index is -0.139. The van der Waals surface area contributed by atoms with Crippen LogP contribution in [0.4, 0.5) is 0 Å². The number of carbonyl (C=O) groups excluding carboxylic acids is 1. The van der Waals surface area contributed by atoms with E-state index in [0.717, 1.165) is 25.0 Å². The zero-order chi connectivity index (χ0) is 22.4. The number of hydrogen-bond acceptors (Lipinski definition) is 4. The molecule has 1 heterocycles. The molecule has 5 heteroatoms. The molecule has 0 saturated carbocycles. The minimum Gasteiger partial charge on any atom is -0.493 e. The van der Waals surface area contributed by atoms with Gasteiger partial charge >= 0.3 is 0 Å². The van der Waals surface area contributed by atoms with Crippen molar-refractivity contribution in [3.05, 3.63) is 59.7 Å². The van der Waals surface area contributed by atoms with E-state index in [-0.39, 0.29) is 11.5 Å². The van der Waals surface area contributed by atoms with Crippen molar-refractivity contribution in [1.82, 2.24) is 4.90 Å². The van der Waals surface area contributed by atoms with Crippen LogP contribution in [0.1, 0.15) is 50.7 Å². The molecule has 0 aliphatic carbocycles. The van der Waals surface area contributed by atoms with Crippen LogP contribution >= 0.6 is 0 Å². The Hall–Kier alpha value is -2.53. The van der Waals surface area contributed by atoms with Gasteiger partial charge in [0.25, 0.3) is 0 Å². The predicted octanol–water partition coefficient (Wildman–Crippen LogP) is 5.04. The number of ether oxygens (including phenoxy) is 3. The van der Waals surface area contributed by atoms with Crippen LogP contribution in [-0.4, -0.2) is 43.8 Å². The number of methoxy groups -OCH3 is 2. The van der Waals surface area contributed by atoms with Crippen LogP contribution in [0.2, 0.25) is 0 Å². The molecule has 31 heavy (non-hydrogen) atoms. The van der Waals surface area contributed by atoms with Crippen molar-refractivity contribution >= 4 is 5.91 Å². The van der Waals surface area contributed by atoms with Gasteiger partial charge in [-0.05, 0) is 55.9 Å². The van der Waals surface area contributed by atoms with E-state index in [4.69, 9.17) is 14.2 Å². The molecule has 0 spiro atoms. The van der Waals surface area contributed by atoms with Crippen LogP contribution in [0.25, 0.3) is 0 Å². The molecule has 0 aromatic heterocycles. The number of amides is 1. The summed E-state index contributed by atoms with van der Waals surface area (Å²) in [5.74, 6) is 2.26. The van der Waals surface area contributed by atoms with E-state index in [1.54, 1.807) is 21.1 Å². The third-order valence-corrected chi connectivity index (χ3v) is 6.24. The summed E-state index contributed by atoms with van der Waals surface area (Å²) < 4.78 is 16.9. The monoisotopic (exact) mass is 425 g/mol. The first-order valence-corrected chi connectivity index (χ1v) is 11.0. The molecule has 0 radical (unpaired) electrons. The summed E-state index contributed by atoms with van der Waals surface area (Å²) in [6.45, 7) is 7.95. The first-order valence-electron chi connectivity index (χ1n) is 11.0. The van der Waals surface area contributed by atoms with Gasteiger partial charge in [0.2, 0.25) is 5.91 Å². The highest BCUT2D eigenvalue weighted by Gasteiger charge is 2.36. The summed E-state index contributed by atoms with van der Waals surface area (Å²) in [7, 11) is 3.25. The quantitative estimate of drug-likeness (QED) is 0.594. The largest absolute Gasteiger partial charge is 0.493 e. The van der Waals surface area contributed by atoms with Crippen molar-refractivity contribution in [2.75, 3.05) is 27.4 Å². The van der Waals surface area contributed by atoms with E-state index in [9.17, 15) is 4.79 Å². The molecule has 2 aromatic carbocycles. The minimum absolute atomic E-state index is 0.0809. The van der Waals surface area contributed by atoms with Gasteiger partial charge in [-0.3, -0.25) is 4.79 Å². The summed E-state index contributed by atoms with van der Waals surface area (Å²) >= 11 is 0. The standard InChI is InChI=1S/C26H35NO4/c1-19(28)27(17-20-11-12-24(29-4)25(15-20)30-5)14-13-22-16-26(2,3)31-18-23(22)21-9-7-6-8-10-21/h6-12,15,22-23H,13-14,16-18H2,1-5H3/t22-,23+/m1/s1. The van der Waals surface area contributed by atoms with E-state index in [1.165, 1.54) is 5.56 Å². The Bertz CT molecular complexity index is 865. The Balaban J connectivity index is 1.72.